The zero-order valence-corrected chi connectivity index (χ0v) is 19.4. The molecule has 5 atom stereocenters. The number of likely N-dealkylation sites (tertiary alicyclic amines) is 1. The number of aliphatic hydroxyl groups is 1. The van der Waals surface area contributed by atoms with Crippen LogP contribution in [0.15, 0.2) is 54.6 Å². The average molecular weight is 469 g/mol. The van der Waals surface area contributed by atoms with Crippen molar-refractivity contribution in [3.63, 3.8) is 0 Å². The average Bonchev–Trinajstić information content (AvgIpc) is 3.06. The molecular formula is C25H28N2O5S. The van der Waals surface area contributed by atoms with E-state index < -0.39 is 27.4 Å². The van der Waals surface area contributed by atoms with Crippen LogP contribution in [0.1, 0.15) is 18.9 Å². The van der Waals surface area contributed by atoms with Crippen LogP contribution in [0.5, 0.6) is 0 Å². The highest BCUT2D eigenvalue weighted by Crippen LogP contribution is 2.65. The van der Waals surface area contributed by atoms with Crippen molar-refractivity contribution in [3.05, 3.63) is 60.2 Å². The zero-order chi connectivity index (χ0) is 23.2. The number of carbonyl (C=O) groups excluding carboxylic acids is 3. The van der Waals surface area contributed by atoms with Crippen molar-refractivity contribution in [2.45, 2.75) is 35.4 Å². The number of ether oxygens (including phenoxy) is 1. The van der Waals surface area contributed by atoms with E-state index in [2.05, 4.69) is 0 Å². The molecule has 0 bridgehead atoms. The van der Waals surface area contributed by atoms with Crippen LogP contribution >= 0.6 is 11.8 Å². The minimum atomic E-state index is -0.866. The standard InChI is InChI=1S/C25H28N2O5S/c1-24-10-6-15-32-23(31)19(24)18-21(29)27(13-7-14-28)20-22(30)26(12-5-11-25(18,20)33-24)16-17-8-3-2-4-9-17/h2-6,8-11,18-20,28H,7,12-16H2,1H3/t18-,19+,20?,24-,25-/m0/s1. The molecule has 4 heterocycles. The van der Waals surface area contributed by atoms with E-state index in [0.717, 1.165) is 5.56 Å². The fourth-order valence-corrected chi connectivity index (χ4v) is 7.98. The van der Waals surface area contributed by atoms with E-state index in [1.165, 1.54) is 11.8 Å². The van der Waals surface area contributed by atoms with Gasteiger partial charge in [0.15, 0.2) is 0 Å². The summed E-state index contributed by atoms with van der Waals surface area (Å²) in [4.78, 5) is 44.3. The van der Waals surface area contributed by atoms with Gasteiger partial charge in [-0.2, -0.15) is 0 Å². The lowest BCUT2D eigenvalue weighted by Crippen LogP contribution is -2.53. The lowest BCUT2D eigenvalue weighted by atomic mass is 9.75. The number of carbonyl (C=O) groups is 3. The van der Waals surface area contributed by atoms with Gasteiger partial charge in [0.05, 0.1) is 16.6 Å². The topological polar surface area (TPSA) is 87.1 Å². The maximum Gasteiger partial charge on any atom is 0.311 e. The van der Waals surface area contributed by atoms with Crippen LogP contribution in [0, 0.1) is 11.8 Å². The Kier molecular flexibility index (Phi) is 5.61. The maximum atomic E-state index is 14.0. The summed E-state index contributed by atoms with van der Waals surface area (Å²) < 4.78 is 3.91. The number of hydrogen-bond acceptors (Lipinski definition) is 6. The van der Waals surface area contributed by atoms with Gasteiger partial charge >= 0.3 is 5.97 Å². The molecule has 0 aliphatic carbocycles. The zero-order valence-electron chi connectivity index (χ0n) is 18.6. The molecule has 8 heteroatoms. The number of benzene rings is 1. The number of amides is 2. The van der Waals surface area contributed by atoms with E-state index in [1.807, 2.05) is 61.6 Å². The number of rotatable bonds is 5. The molecule has 1 N–H and O–H groups in total. The lowest BCUT2D eigenvalue weighted by molar-refractivity contribution is -0.152. The summed E-state index contributed by atoms with van der Waals surface area (Å²) in [5.74, 6) is -2.08. The predicted molar refractivity (Wildman–Crippen MR) is 124 cm³/mol. The highest BCUT2D eigenvalue weighted by Gasteiger charge is 2.73. The molecule has 1 aromatic carbocycles. The van der Waals surface area contributed by atoms with Crippen LogP contribution < -0.4 is 0 Å². The van der Waals surface area contributed by atoms with Crippen LogP contribution in [0.2, 0.25) is 0 Å². The Bertz CT molecular complexity index is 1030. The quantitative estimate of drug-likeness (QED) is 0.524. The summed E-state index contributed by atoms with van der Waals surface area (Å²) in [5, 5.41) is 9.45. The van der Waals surface area contributed by atoms with E-state index in [1.54, 1.807) is 9.80 Å². The Balaban J connectivity index is 1.58. The number of fused-ring (bicyclic) bond motifs is 2. The van der Waals surface area contributed by atoms with E-state index >= 15 is 0 Å². The molecule has 7 nitrogen and oxygen atoms in total. The highest BCUT2D eigenvalue weighted by molar-refractivity contribution is 8.02. The fourth-order valence-electron chi connectivity index (χ4n) is 5.83. The summed E-state index contributed by atoms with van der Waals surface area (Å²) >= 11 is 1.54. The Morgan fingerprint density at radius 2 is 1.88 bits per heavy atom. The van der Waals surface area contributed by atoms with Gasteiger partial charge in [-0.05, 0) is 25.0 Å². The lowest BCUT2D eigenvalue weighted by Gasteiger charge is -2.36. The second kappa shape index (κ2) is 8.33. The molecule has 5 rings (SSSR count). The van der Waals surface area contributed by atoms with Gasteiger partial charge in [0.1, 0.15) is 12.6 Å². The van der Waals surface area contributed by atoms with Crippen molar-refractivity contribution < 1.29 is 24.2 Å². The van der Waals surface area contributed by atoms with Crippen LogP contribution in [-0.2, 0) is 25.7 Å². The van der Waals surface area contributed by atoms with Crippen LogP contribution in [0.25, 0.3) is 0 Å². The third kappa shape index (κ3) is 3.42. The third-order valence-electron chi connectivity index (χ3n) is 7.17. The van der Waals surface area contributed by atoms with Crippen LogP contribution in [0.4, 0.5) is 0 Å². The van der Waals surface area contributed by atoms with E-state index in [0.29, 0.717) is 19.5 Å². The Hall–Kier alpha value is -2.58. The van der Waals surface area contributed by atoms with Crippen LogP contribution in [-0.4, -0.2) is 74.5 Å². The predicted octanol–water partition coefficient (Wildman–Crippen LogP) is 1.77. The minimum absolute atomic E-state index is 0.0784. The van der Waals surface area contributed by atoms with Gasteiger partial charge < -0.3 is 19.6 Å². The number of aliphatic hydroxyl groups excluding tert-OH is 1. The molecule has 174 valence electrons. The first-order valence-electron chi connectivity index (χ1n) is 11.4. The molecule has 33 heavy (non-hydrogen) atoms. The van der Waals surface area contributed by atoms with Crippen molar-refractivity contribution in [1.82, 2.24) is 9.80 Å². The molecule has 0 aromatic heterocycles. The molecule has 1 unspecified atom stereocenters. The smallest absolute Gasteiger partial charge is 0.311 e. The first kappa shape index (κ1) is 22.2. The minimum Gasteiger partial charge on any atom is -0.461 e. The molecule has 2 amide bonds. The van der Waals surface area contributed by atoms with Crippen molar-refractivity contribution in [2.24, 2.45) is 11.8 Å². The van der Waals surface area contributed by atoms with Crippen molar-refractivity contribution >= 4 is 29.5 Å². The normalized spacial score (nSPS) is 35.1. The molecular weight excluding hydrogens is 440 g/mol. The molecule has 4 aliphatic heterocycles. The van der Waals surface area contributed by atoms with Crippen molar-refractivity contribution in [1.29, 1.82) is 0 Å². The van der Waals surface area contributed by atoms with Crippen LogP contribution in [0.3, 0.4) is 0 Å². The monoisotopic (exact) mass is 468 g/mol. The van der Waals surface area contributed by atoms with Gasteiger partial charge in [-0.25, -0.2) is 0 Å². The summed E-state index contributed by atoms with van der Waals surface area (Å²) in [6.07, 6.45) is 8.13. The SMILES string of the molecule is C[C@]12C=CCOC(=O)[C@H]1[C@H]1C(=O)N(CCCO)C3C(=O)N(Cc4ccccc4)CC=C[C@@]31S2. The second-order valence-electron chi connectivity index (χ2n) is 9.25. The van der Waals surface area contributed by atoms with Crippen molar-refractivity contribution in [3.8, 4) is 0 Å². The molecule has 1 aromatic rings. The molecule has 2 fully saturated rings. The Morgan fingerprint density at radius 1 is 1.09 bits per heavy atom. The highest BCUT2D eigenvalue weighted by atomic mass is 32.2. The van der Waals surface area contributed by atoms with Gasteiger partial charge in [-0.3, -0.25) is 14.4 Å². The molecule has 4 aliphatic rings. The summed E-state index contributed by atoms with van der Waals surface area (Å²) in [6, 6.07) is 9.04. The first-order chi connectivity index (χ1) is 15.9. The Morgan fingerprint density at radius 3 is 2.64 bits per heavy atom. The van der Waals surface area contributed by atoms with Gasteiger partial charge in [0, 0.05) is 31.0 Å². The summed E-state index contributed by atoms with van der Waals surface area (Å²) in [6.45, 7) is 3.22. The first-order valence-corrected chi connectivity index (χ1v) is 12.2. The van der Waals surface area contributed by atoms with E-state index in [4.69, 9.17) is 4.74 Å². The number of thioether (sulfide) groups is 1. The maximum absolute atomic E-state index is 14.0. The summed E-state index contributed by atoms with van der Waals surface area (Å²) in [7, 11) is 0. The number of nitrogens with zero attached hydrogens (tertiary/aromatic N) is 2. The summed E-state index contributed by atoms with van der Waals surface area (Å²) in [5.41, 5.74) is 1.01. The van der Waals surface area contributed by atoms with Gasteiger partial charge in [0.25, 0.3) is 0 Å². The molecule has 2 saturated heterocycles. The van der Waals surface area contributed by atoms with Crippen molar-refractivity contribution in [2.75, 3.05) is 26.3 Å². The Labute approximate surface area is 197 Å². The number of esters is 1. The molecule has 1 spiro atoms. The van der Waals surface area contributed by atoms with E-state index in [9.17, 15) is 19.5 Å². The fraction of sp³-hybridized carbons (Fsp3) is 0.480. The molecule has 0 saturated carbocycles. The largest absolute Gasteiger partial charge is 0.461 e. The van der Waals surface area contributed by atoms with Gasteiger partial charge in [-0.1, -0.05) is 48.6 Å². The number of cyclic esters (lactones) is 1. The third-order valence-corrected chi connectivity index (χ3v) is 8.97. The molecule has 0 radical (unpaired) electrons. The second-order valence-corrected chi connectivity index (χ2v) is 11.0. The van der Waals surface area contributed by atoms with Gasteiger partial charge in [-0.15, -0.1) is 11.8 Å². The van der Waals surface area contributed by atoms with E-state index in [-0.39, 0.29) is 37.5 Å². The number of hydrogen-bond donors (Lipinski definition) is 1. The van der Waals surface area contributed by atoms with Gasteiger partial charge in [0.2, 0.25) is 11.8 Å².